The van der Waals surface area contributed by atoms with Crippen LogP contribution in [0.25, 0.3) is 5.57 Å². The van der Waals surface area contributed by atoms with E-state index in [1.807, 2.05) is 56.1 Å². The van der Waals surface area contributed by atoms with Gasteiger partial charge < -0.3 is 36.1 Å². The van der Waals surface area contributed by atoms with Gasteiger partial charge >= 0.3 is 6.09 Å². The number of amides is 1. The van der Waals surface area contributed by atoms with Gasteiger partial charge in [0.2, 0.25) is 0 Å². The summed E-state index contributed by atoms with van der Waals surface area (Å²) >= 11 is 0. The summed E-state index contributed by atoms with van der Waals surface area (Å²) in [5, 5.41) is 3.24. The Bertz CT molecular complexity index is 1390. The van der Waals surface area contributed by atoms with E-state index in [0.29, 0.717) is 44.2 Å². The molecule has 0 bridgehead atoms. The Balaban J connectivity index is 1.54. The first-order valence-corrected chi connectivity index (χ1v) is 15.1. The van der Waals surface area contributed by atoms with Crippen LogP contribution in [0.3, 0.4) is 0 Å². The van der Waals surface area contributed by atoms with Crippen LogP contribution in [0.1, 0.15) is 44.2 Å². The summed E-state index contributed by atoms with van der Waals surface area (Å²) in [4.78, 5) is 25.2. The summed E-state index contributed by atoms with van der Waals surface area (Å²) in [6, 6.07) is 16.0. The predicted molar refractivity (Wildman–Crippen MR) is 179 cm³/mol. The number of nitrogens with two attached hydrogens (primary N) is 2. The van der Waals surface area contributed by atoms with Crippen molar-refractivity contribution in [2.24, 2.45) is 21.5 Å². The first-order chi connectivity index (χ1) is 21.7. The zero-order chi connectivity index (χ0) is 32.6. The molecule has 0 aliphatic carbocycles. The third-order valence-electron chi connectivity index (χ3n) is 7.48. The molecule has 0 spiro atoms. The molecule has 1 amide bonds. The Labute approximate surface area is 266 Å². The topological polar surface area (TPSA) is 131 Å². The normalized spacial score (nSPS) is 18.2. The number of carbonyl (C=O) groups excluding carboxylic acids is 1. The van der Waals surface area contributed by atoms with Crippen LogP contribution >= 0.6 is 0 Å². The van der Waals surface area contributed by atoms with Gasteiger partial charge in [-0.1, -0.05) is 42.5 Å². The quantitative estimate of drug-likeness (QED) is 0.183. The van der Waals surface area contributed by atoms with E-state index in [-0.39, 0.29) is 18.5 Å². The van der Waals surface area contributed by atoms with Gasteiger partial charge in [-0.25, -0.2) is 9.18 Å². The highest BCUT2D eigenvalue weighted by Gasteiger charge is 2.17. The summed E-state index contributed by atoms with van der Waals surface area (Å²) in [5.41, 5.74) is 16.8. The average molecular weight is 620 g/mol. The molecule has 242 valence electrons. The lowest BCUT2D eigenvalue weighted by molar-refractivity contribution is 0.101. The van der Waals surface area contributed by atoms with Crippen LogP contribution in [0, 0.1) is 5.82 Å². The lowest BCUT2D eigenvalue weighted by Gasteiger charge is -2.30. The van der Waals surface area contributed by atoms with E-state index >= 15 is 0 Å². The zero-order valence-electron chi connectivity index (χ0n) is 26.7. The minimum atomic E-state index is -0.395. The van der Waals surface area contributed by atoms with Crippen molar-refractivity contribution >= 4 is 23.7 Å². The molecule has 1 heterocycles. The van der Waals surface area contributed by atoms with Crippen molar-refractivity contribution in [3.8, 4) is 0 Å². The number of aliphatic imine (C=N–C) groups is 2. The maximum atomic E-state index is 13.6. The molecule has 5 N–H and O–H groups in total. The van der Waals surface area contributed by atoms with Crippen molar-refractivity contribution in [3.63, 3.8) is 0 Å². The van der Waals surface area contributed by atoms with Crippen LogP contribution in [0.2, 0.25) is 0 Å². The van der Waals surface area contributed by atoms with Gasteiger partial charge in [-0.3, -0.25) is 9.98 Å². The Morgan fingerprint density at radius 2 is 1.78 bits per heavy atom. The van der Waals surface area contributed by atoms with Gasteiger partial charge in [0, 0.05) is 69.0 Å². The van der Waals surface area contributed by atoms with E-state index in [1.54, 1.807) is 31.6 Å². The number of ether oxygens (including phenoxy) is 2. The smallest absolute Gasteiger partial charge is 0.409 e. The van der Waals surface area contributed by atoms with Crippen LogP contribution in [0.4, 0.5) is 9.18 Å². The Morgan fingerprint density at radius 3 is 2.49 bits per heavy atom. The monoisotopic (exact) mass is 619 g/mol. The number of halogens is 1. The fraction of sp³-hybridized carbons (Fsp3) is 0.382. The van der Waals surface area contributed by atoms with Crippen LogP contribution in [0.15, 0.2) is 94.1 Å². The predicted octanol–water partition coefficient (Wildman–Crippen LogP) is 5.01. The second kappa shape index (κ2) is 18.1. The summed E-state index contributed by atoms with van der Waals surface area (Å²) in [7, 11) is 3.62. The van der Waals surface area contributed by atoms with E-state index in [0.717, 1.165) is 41.0 Å². The number of hydrogen-bond acceptors (Lipinski definition) is 9. The molecular weight excluding hydrogens is 573 g/mol. The highest BCUT2D eigenvalue weighted by atomic mass is 19.1. The number of nitrogens with one attached hydrogen (secondary N) is 1. The van der Waals surface area contributed by atoms with Crippen molar-refractivity contribution in [2.45, 2.75) is 45.8 Å². The van der Waals surface area contributed by atoms with Gasteiger partial charge in [0.15, 0.2) is 0 Å². The lowest BCUT2D eigenvalue weighted by Crippen LogP contribution is -2.36. The molecule has 1 aliphatic heterocycles. The summed E-state index contributed by atoms with van der Waals surface area (Å²) in [6.45, 7) is 6.11. The van der Waals surface area contributed by atoms with E-state index in [9.17, 15) is 9.18 Å². The molecule has 0 radical (unpaired) electrons. The van der Waals surface area contributed by atoms with Gasteiger partial charge in [0.25, 0.3) is 0 Å². The summed E-state index contributed by atoms with van der Waals surface area (Å²) in [6.07, 6.45) is 6.46. The largest absolute Gasteiger partial charge is 0.492 e. The van der Waals surface area contributed by atoms with Crippen LogP contribution < -0.4 is 16.8 Å². The number of rotatable bonds is 11. The molecule has 10 nitrogen and oxygen atoms in total. The fourth-order valence-electron chi connectivity index (χ4n) is 4.82. The van der Waals surface area contributed by atoms with E-state index in [1.165, 1.54) is 23.2 Å². The Kier molecular flexibility index (Phi) is 14.0. The van der Waals surface area contributed by atoms with Crippen LogP contribution in [-0.2, 0) is 16.1 Å². The second-order valence-electron chi connectivity index (χ2n) is 10.8. The highest BCUT2D eigenvalue weighted by Crippen LogP contribution is 2.21. The Morgan fingerprint density at radius 1 is 1.07 bits per heavy atom. The first-order valence-electron chi connectivity index (χ1n) is 15.1. The number of nitrogens with zero attached hydrogens (tertiary/aromatic N) is 4. The summed E-state index contributed by atoms with van der Waals surface area (Å²) < 4.78 is 24.8. The fourth-order valence-corrected chi connectivity index (χ4v) is 4.82. The molecule has 3 rings (SSSR count). The number of allylic oxidation sites excluding steroid dienone is 3. The van der Waals surface area contributed by atoms with Crippen molar-refractivity contribution in [2.75, 3.05) is 40.3 Å². The molecule has 2 aromatic carbocycles. The SMILES string of the molecule is CC1=NCCC(N(C)/C(N)=C/C(=C\N)OCCCN(C)C(=O)OCc2ccccc2)CCN=CN/C(C)=C\1c1ccc(F)cc1. The number of hydrogen-bond donors (Lipinski definition) is 3. The molecule has 11 heteroatoms. The minimum absolute atomic E-state index is 0.0586. The Hall–Kier alpha value is -4.80. The van der Waals surface area contributed by atoms with Gasteiger partial charge in [-0.05, 0) is 56.4 Å². The van der Waals surface area contributed by atoms with Crippen LogP contribution in [0.5, 0.6) is 0 Å². The minimum Gasteiger partial charge on any atom is -0.492 e. The van der Waals surface area contributed by atoms with Crippen molar-refractivity contribution < 1.29 is 18.7 Å². The summed E-state index contributed by atoms with van der Waals surface area (Å²) in [5.74, 6) is 0.645. The highest BCUT2D eigenvalue weighted by molar-refractivity contribution is 6.23. The van der Waals surface area contributed by atoms with Gasteiger partial charge in [-0.2, -0.15) is 0 Å². The molecule has 2 aromatic rings. The maximum absolute atomic E-state index is 13.6. The molecule has 1 unspecified atom stereocenters. The third-order valence-corrected chi connectivity index (χ3v) is 7.48. The molecule has 0 saturated heterocycles. The molecule has 45 heavy (non-hydrogen) atoms. The van der Waals surface area contributed by atoms with E-state index < -0.39 is 6.09 Å². The van der Waals surface area contributed by atoms with E-state index in [4.69, 9.17) is 25.9 Å². The van der Waals surface area contributed by atoms with Crippen molar-refractivity contribution in [1.82, 2.24) is 15.1 Å². The van der Waals surface area contributed by atoms with E-state index in [2.05, 4.69) is 10.3 Å². The van der Waals surface area contributed by atoms with Crippen LogP contribution in [-0.4, -0.2) is 74.3 Å². The maximum Gasteiger partial charge on any atom is 0.409 e. The molecular formula is C34H46FN7O3. The zero-order valence-corrected chi connectivity index (χ0v) is 26.7. The molecule has 1 aliphatic rings. The van der Waals surface area contributed by atoms with Gasteiger partial charge in [-0.15, -0.1) is 0 Å². The third kappa shape index (κ3) is 11.3. The standard InChI is InChI=1S/C34H46FN7O3/c1-25-33(28-11-13-29(35)14-12-28)26(2)40-24-38-17-15-30(16-18-39-25)42(4)32(37)21-31(22-36)44-20-8-19-41(3)34(43)45-23-27-9-6-5-7-10-27/h5-7,9-14,21-22,24,30H,8,15-20,23,36-37H2,1-4H3,(H,38,40)/b31-22+,32-21+,33-26+,39-25?. The second-order valence-corrected chi connectivity index (χ2v) is 10.8. The lowest BCUT2D eigenvalue weighted by atomic mass is 9.99. The number of carbonyl (C=O) groups is 1. The molecule has 1 atom stereocenters. The van der Waals surface area contributed by atoms with Crippen molar-refractivity contribution in [1.29, 1.82) is 0 Å². The first kappa shape index (κ1) is 34.7. The molecule has 0 fully saturated rings. The molecule has 0 aromatic heterocycles. The molecule has 0 saturated carbocycles. The number of benzene rings is 2. The van der Waals surface area contributed by atoms with Crippen molar-refractivity contribution in [3.05, 3.63) is 101 Å². The van der Waals surface area contributed by atoms with Gasteiger partial charge in [0.1, 0.15) is 24.0 Å². The van der Waals surface area contributed by atoms with Gasteiger partial charge in [0.05, 0.1) is 12.9 Å². The average Bonchev–Trinajstić information content (AvgIpc) is 3.04.